The second kappa shape index (κ2) is 3.53. The number of aliphatic carboxylic acids is 1. The summed E-state index contributed by atoms with van der Waals surface area (Å²) in [5, 5.41) is 8.48. The second-order valence-electron chi connectivity index (χ2n) is 3.15. The van der Waals surface area contributed by atoms with Crippen LogP contribution in [0.2, 0.25) is 0 Å². The molecule has 6 heteroatoms. The van der Waals surface area contributed by atoms with Gasteiger partial charge in [0.1, 0.15) is 0 Å². The maximum atomic E-state index is 11.4. The summed E-state index contributed by atoms with van der Waals surface area (Å²) in [5.74, 6) is -1.02. The van der Waals surface area contributed by atoms with Gasteiger partial charge in [0, 0.05) is 25.3 Å². The monoisotopic (exact) mass is 217 g/mol. The van der Waals surface area contributed by atoms with E-state index in [2.05, 4.69) is 4.99 Å². The van der Waals surface area contributed by atoms with E-state index in [-0.39, 0.29) is 12.8 Å². The minimum Gasteiger partial charge on any atom is -0.481 e. The summed E-state index contributed by atoms with van der Waals surface area (Å²) in [6.07, 6.45) is 5.14. The summed E-state index contributed by atoms with van der Waals surface area (Å²) in [7, 11) is -3.41. The summed E-state index contributed by atoms with van der Waals surface area (Å²) < 4.78 is 22.8. The minimum atomic E-state index is -3.41. The molecule has 0 saturated heterocycles. The predicted molar refractivity (Wildman–Crippen MR) is 52.1 cm³/mol. The van der Waals surface area contributed by atoms with Crippen LogP contribution < -0.4 is 0 Å². The first-order valence-corrected chi connectivity index (χ1v) is 5.91. The quantitative estimate of drug-likeness (QED) is 0.730. The molecular weight excluding hydrogens is 206 g/mol. The molecule has 0 spiro atoms. The van der Waals surface area contributed by atoms with Crippen LogP contribution in [-0.2, 0) is 14.6 Å². The lowest BCUT2D eigenvalue weighted by atomic mass is 10.1. The molecule has 14 heavy (non-hydrogen) atoms. The van der Waals surface area contributed by atoms with E-state index in [1.165, 1.54) is 18.4 Å². The Kier molecular flexibility index (Phi) is 2.75. The van der Waals surface area contributed by atoms with Crippen LogP contribution in [0.4, 0.5) is 0 Å². The average molecular weight is 217 g/mol. The molecule has 0 radical (unpaired) electrons. The van der Waals surface area contributed by atoms with Gasteiger partial charge in [-0.05, 0) is 12.2 Å². The molecule has 0 fully saturated rings. The van der Waals surface area contributed by atoms with Gasteiger partial charge in [0.25, 0.3) is 0 Å². The molecule has 0 aromatic heterocycles. The van der Waals surface area contributed by atoms with Crippen LogP contribution >= 0.6 is 0 Å². The molecule has 0 bridgehead atoms. The average Bonchev–Trinajstić information content (AvgIpc) is 2.48. The van der Waals surface area contributed by atoms with E-state index in [1.54, 1.807) is 0 Å². The number of rotatable bonds is 4. The number of allylic oxidation sites excluding steroid dienone is 1. The fourth-order valence-electron chi connectivity index (χ4n) is 1.24. The number of sulfone groups is 1. The Morgan fingerprint density at radius 3 is 2.57 bits per heavy atom. The highest BCUT2D eigenvalue weighted by molar-refractivity contribution is 7.92. The molecular formula is C8H11NO4S. The molecule has 1 aliphatic heterocycles. The molecule has 1 aliphatic rings. The van der Waals surface area contributed by atoms with Crippen molar-refractivity contribution < 1.29 is 18.3 Å². The lowest BCUT2D eigenvalue weighted by Crippen LogP contribution is -2.33. The topological polar surface area (TPSA) is 83.8 Å². The van der Waals surface area contributed by atoms with Gasteiger partial charge in [0.2, 0.25) is 0 Å². The molecule has 5 nitrogen and oxygen atoms in total. The van der Waals surface area contributed by atoms with Crippen molar-refractivity contribution in [2.24, 2.45) is 4.99 Å². The SMILES string of the molecule is CS(=O)(=O)C1(CCC(=O)O)C=CC=N1. The third-order valence-electron chi connectivity index (χ3n) is 2.07. The van der Waals surface area contributed by atoms with Crippen LogP contribution in [0.3, 0.4) is 0 Å². The molecule has 1 N–H and O–H groups in total. The summed E-state index contributed by atoms with van der Waals surface area (Å²) in [4.78, 5) is 12.8. The maximum absolute atomic E-state index is 11.4. The molecule has 0 amide bonds. The standard InChI is InChI=1S/C8H11NO4S/c1-14(12,13)8(4-2-6-9-8)5-3-7(10)11/h2,4,6H,3,5H2,1H3,(H,10,11). The highest BCUT2D eigenvalue weighted by Crippen LogP contribution is 2.28. The molecule has 78 valence electrons. The highest BCUT2D eigenvalue weighted by atomic mass is 32.2. The Labute approximate surface area is 82.1 Å². The maximum Gasteiger partial charge on any atom is 0.303 e. The van der Waals surface area contributed by atoms with E-state index in [1.807, 2.05) is 0 Å². The summed E-state index contributed by atoms with van der Waals surface area (Å²) in [5.41, 5.74) is 0. The van der Waals surface area contributed by atoms with Crippen LogP contribution in [-0.4, -0.2) is 36.8 Å². The first-order valence-electron chi connectivity index (χ1n) is 4.02. The normalized spacial score (nSPS) is 25.5. The first-order chi connectivity index (χ1) is 6.37. The van der Waals surface area contributed by atoms with Crippen molar-refractivity contribution in [1.29, 1.82) is 0 Å². The zero-order valence-corrected chi connectivity index (χ0v) is 8.49. The number of aliphatic imine (C=N–C) groups is 1. The van der Waals surface area contributed by atoms with Crippen molar-refractivity contribution in [3.8, 4) is 0 Å². The van der Waals surface area contributed by atoms with Crippen molar-refractivity contribution in [1.82, 2.24) is 0 Å². The number of nitrogens with zero attached hydrogens (tertiary/aromatic N) is 1. The number of hydrogen-bond acceptors (Lipinski definition) is 4. The van der Waals surface area contributed by atoms with E-state index in [9.17, 15) is 13.2 Å². The van der Waals surface area contributed by atoms with Crippen molar-refractivity contribution >= 4 is 22.0 Å². The Morgan fingerprint density at radius 1 is 1.57 bits per heavy atom. The van der Waals surface area contributed by atoms with Crippen molar-refractivity contribution in [3.05, 3.63) is 12.2 Å². The number of hydrogen-bond donors (Lipinski definition) is 1. The molecule has 1 atom stereocenters. The van der Waals surface area contributed by atoms with Gasteiger partial charge in [-0.2, -0.15) is 0 Å². The summed E-state index contributed by atoms with van der Waals surface area (Å²) in [6.45, 7) is 0. The van der Waals surface area contributed by atoms with Gasteiger partial charge in [-0.3, -0.25) is 9.79 Å². The Balaban J connectivity index is 2.91. The molecule has 1 rings (SSSR count). The Morgan fingerprint density at radius 2 is 2.21 bits per heavy atom. The minimum absolute atomic E-state index is 0.0197. The van der Waals surface area contributed by atoms with Gasteiger partial charge in [-0.1, -0.05) is 0 Å². The molecule has 0 saturated carbocycles. The van der Waals surface area contributed by atoms with Crippen LogP contribution in [0, 0.1) is 0 Å². The predicted octanol–water partition coefficient (Wildman–Crippen LogP) is 0.233. The molecule has 0 aromatic carbocycles. The Hall–Kier alpha value is -1.17. The van der Waals surface area contributed by atoms with Crippen molar-refractivity contribution in [2.45, 2.75) is 17.7 Å². The third kappa shape index (κ3) is 2.01. The van der Waals surface area contributed by atoms with E-state index < -0.39 is 20.7 Å². The van der Waals surface area contributed by atoms with Crippen LogP contribution in [0.25, 0.3) is 0 Å². The second-order valence-corrected chi connectivity index (χ2v) is 5.40. The summed E-state index contributed by atoms with van der Waals surface area (Å²) >= 11 is 0. The number of carbonyl (C=O) groups is 1. The van der Waals surface area contributed by atoms with Crippen LogP contribution in [0.15, 0.2) is 17.1 Å². The smallest absolute Gasteiger partial charge is 0.303 e. The van der Waals surface area contributed by atoms with E-state index in [4.69, 9.17) is 5.11 Å². The number of carboxylic acids is 1. The number of carboxylic acid groups (broad SMARTS) is 1. The van der Waals surface area contributed by atoms with Gasteiger partial charge < -0.3 is 5.11 Å². The highest BCUT2D eigenvalue weighted by Gasteiger charge is 2.39. The molecule has 1 unspecified atom stereocenters. The van der Waals surface area contributed by atoms with E-state index >= 15 is 0 Å². The van der Waals surface area contributed by atoms with Gasteiger partial charge in [-0.25, -0.2) is 8.42 Å². The lowest BCUT2D eigenvalue weighted by Gasteiger charge is -2.20. The third-order valence-corrected chi connectivity index (χ3v) is 3.80. The van der Waals surface area contributed by atoms with Crippen LogP contribution in [0.1, 0.15) is 12.8 Å². The summed E-state index contributed by atoms with van der Waals surface area (Å²) in [6, 6.07) is 0. The zero-order valence-electron chi connectivity index (χ0n) is 7.67. The van der Waals surface area contributed by atoms with Crippen molar-refractivity contribution in [3.63, 3.8) is 0 Å². The molecule has 0 aliphatic carbocycles. The fraction of sp³-hybridized carbons (Fsp3) is 0.500. The fourth-order valence-corrected chi connectivity index (χ4v) is 2.30. The van der Waals surface area contributed by atoms with E-state index in [0.717, 1.165) is 6.26 Å². The Bertz CT molecular complexity index is 382. The molecule has 0 aromatic rings. The molecule has 1 heterocycles. The van der Waals surface area contributed by atoms with Gasteiger partial charge >= 0.3 is 5.97 Å². The first kappa shape index (κ1) is 10.9. The van der Waals surface area contributed by atoms with E-state index in [0.29, 0.717) is 0 Å². The lowest BCUT2D eigenvalue weighted by molar-refractivity contribution is -0.137. The zero-order chi connectivity index (χ0) is 10.8. The van der Waals surface area contributed by atoms with Gasteiger partial charge in [0.15, 0.2) is 14.7 Å². The van der Waals surface area contributed by atoms with Gasteiger partial charge in [0.05, 0.1) is 0 Å². The van der Waals surface area contributed by atoms with Crippen molar-refractivity contribution in [2.75, 3.05) is 6.26 Å². The largest absolute Gasteiger partial charge is 0.481 e. The van der Waals surface area contributed by atoms with Crippen LogP contribution in [0.5, 0.6) is 0 Å². The van der Waals surface area contributed by atoms with Gasteiger partial charge in [-0.15, -0.1) is 0 Å².